The van der Waals surface area contributed by atoms with E-state index in [1.165, 1.54) is 17.7 Å². The molecule has 0 aliphatic carbocycles. The van der Waals surface area contributed by atoms with Gasteiger partial charge in [0.25, 0.3) is 0 Å². The second kappa shape index (κ2) is 4.87. The van der Waals surface area contributed by atoms with E-state index in [0.29, 0.717) is 21.6 Å². The lowest BCUT2D eigenvalue weighted by molar-refractivity contribution is -0.0731. The molecule has 3 rings (SSSR count). The van der Waals surface area contributed by atoms with Crippen LogP contribution in [0.5, 0.6) is 0 Å². The Balaban J connectivity index is 2.08. The number of hydrogen-bond donors (Lipinski definition) is 4. The van der Waals surface area contributed by atoms with Crippen molar-refractivity contribution in [3.8, 4) is 6.07 Å². The Kier molecular flexibility index (Phi) is 3.27. The number of aliphatic hydroxyl groups excluding tert-OH is 2. The van der Waals surface area contributed by atoms with Crippen molar-refractivity contribution in [2.24, 2.45) is 5.73 Å². The largest absolute Gasteiger partial charge is 0.392 e. The third kappa shape index (κ3) is 1.89. The van der Waals surface area contributed by atoms with E-state index >= 15 is 0 Å². The summed E-state index contributed by atoms with van der Waals surface area (Å²) in [6.45, 7) is -0.645. The molecule has 21 heavy (non-hydrogen) atoms. The number of nitrogens with zero attached hydrogens (tertiary/aromatic N) is 3. The first-order chi connectivity index (χ1) is 10.0. The number of hydrogen-bond acceptors (Lipinski definition) is 9. The zero-order chi connectivity index (χ0) is 15.2. The molecule has 2 aromatic heterocycles. The van der Waals surface area contributed by atoms with Crippen molar-refractivity contribution < 1.29 is 14.9 Å². The summed E-state index contributed by atoms with van der Waals surface area (Å²) in [5.41, 5.74) is 11.2. The quantitative estimate of drug-likeness (QED) is 0.567. The maximum atomic E-state index is 10.1. The topological polar surface area (TPSA) is 151 Å². The first-order valence-electron chi connectivity index (χ1n) is 6.15. The molecule has 3 heterocycles. The van der Waals surface area contributed by atoms with Gasteiger partial charge in [-0.25, -0.2) is 9.97 Å². The molecular formula is C12H13N5O3S. The second-order valence-electron chi connectivity index (χ2n) is 4.85. The molecule has 0 bridgehead atoms. The van der Waals surface area contributed by atoms with Crippen LogP contribution in [0.2, 0.25) is 0 Å². The van der Waals surface area contributed by atoms with E-state index in [-0.39, 0.29) is 0 Å². The van der Waals surface area contributed by atoms with Gasteiger partial charge in [-0.15, -0.1) is 11.3 Å². The summed E-state index contributed by atoms with van der Waals surface area (Å²) < 4.78 is 6.27. The van der Waals surface area contributed by atoms with Gasteiger partial charge in [0, 0.05) is 5.56 Å². The van der Waals surface area contributed by atoms with E-state index in [4.69, 9.17) is 16.2 Å². The van der Waals surface area contributed by atoms with Gasteiger partial charge in [-0.1, -0.05) is 0 Å². The van der Waals surface area contributed by atoms with Crippen molar-refractivity contribution >= 4 is 27.4 Å². The van der Waals surface area contributed by atoms with Gasteiger partial charge in [-0.3, -0.25) is 0 Å². The molecule has 0 unspecified atom stereocenters. The van der Waals surface area contributed by atoms with Gasteiger partial charge in [-0.05, 0) is 5.38 Å². The maximum Gasteiger partial charge on any atom is 0.205 e. The van der Waals surface area contributed by atoms with E-state index in [0.717, 1.165) is 0 Å². The number of nitrogen functional groups attached to an aromatic ring is 1. The van der Waals surface area contributed by atoms with Crippen molar-refractivity contribution in [2.45, 2.75) is 23.9 Å². The van der Waals surface area contributed by atoms with Crippen LogP contribution in [0.15, 0.2) is 11.7 Å². The molecule has 1 saturated heterocycles. The maximum absolute atomic E-state index is 10.1. The average Bonchev–Trinajstić information content (AvgIpc) is 3.02. The lowest BCUT2D eigenvalue weighted by atomic mass is 9.94. The summed E-state index contributed by atoms with van der Waals surface area (Å²) in [4.78, 5) is 8.07. The van der Waals surface area contributed by atoms with Gasteiger partial charge in [0.15, 0.2) is 0 Å². The molecule has 9 heteroatoms. The van der Waals surface area contributed by atoms with E-state index in [1.807, 2.05) is 0 Å². The van der Waals surface area contributed by atoms with Crippen molar-refractivity contribution in [3.63, 3.8) is 0 Å². The molecule has 6 N–H and O–H groups in total. The Bertz CT molecular complexity index is 729. The third-order valence-corrected chi connectivity index (χ3v) is 4.68. The number of aromatic nitrogens is 2. The number of thiophene rings is 1. The molecule has 0 aromatic carbocycles. The Morgan fingerprint density at radius 1 is 1.52 bits per heavy atom. The summed E-state index contributed by atoms with van der Waals surface area (Å²) in [6, 6.07) is 0.947. The smallest absolute Gasteiger partial charge is 0.205 e. The summed E-state index contributed by atoms with van der Waals surface area (Å²) >= 11 is 1.33. The highest BCUT2D eigenvalue weighted by Gasteiger charge is 2.54. The molecule has 0 spiro atoms. The lowest BCUT2D eigenvalue weighted by Crippen LogP contribution is -2.47. The third-order valence-electron chi connectivity index (χ3n) is 3.67. The van der Waals surface area contributed by atoms with Crippen molar-refractivity contribution in [1.82, 2.24) is 9.97 Å². The summed E-state index contributed by atoms with van der Waals surface area (Å²) in [6.07, 6.45) is -0.726. The van der Waals surface area contributed by atoms with Crippen LogP contribution in [0.4, 0.5) is 5.82 Å². The first kappa shape index (κ1) is 14.1. The standard InChI is InChI=1S/C12H13N5O3S/c13-2-12(3-18)10(19)6(14)8(20-12)5-1-21-9-7(5)16-4-17-11(9)15/h1,4,6,8,10,18-19H,3,14H2,(H2,15,16,17)/t6-,8-,10-,12+/m0/s1. The van der Waals surface area contributed by atoms with Crippen LogP contribution in [0, 0.1) is 11.3 Å². The number of nitrogens with two attached hydrogens (primary N) is 2. The average molecular weight is 307 g/mol. The normalized spacial score (nSPS) is 32.4. The van der Waals surface area contributed by atoms with Gasteiger partial charge in [0.1, 0.15) is 30.4 Å². The molecule has 0 saturated carbocycles. The number of nitriles is 1. The van der Waals surface area contributed by atoms with Gasteiger partial charge < -0.3 is 26.4 Å². The van der Waals surface area contributed by atoms with E-state index in [1.54, 1.807) is 11.4 Å². The number of anilines is 1. The second-order valence-corrected chi connectivity index (χ2v) is 5.73. The Morgan fingerprint density at radius 3 is 2.90 bits per heavy atom. The Morgan fingerprint density at radius 2 is 2.29 bits per heavy atom. The summed E-state index contributed by atoms with van der Waals surface area (Å²) in [7, 11) is 0. The minimum Gasteiger partial charge on any atom is -0.392 e. The Labute approximate surface area is 123 Å². The van der Waals surface area contributed by atoms with Crippen LogP contribution in [0.1, 0.15) is 11.7 Å². The molecule has 110 valence electrons. The molecule has 8 nitrogen and oxygen atoms in total. The van der Waals surface area contributed by atoms with E-state index in [2.05, 4.69) is 9.97 Å². The van der Waals surface area contributed by atoms with E-state index in [9.17, 15) is 15.5 Å². The van der Waals surface area contributed by atoms with Crippen LogP contribution in [0.25, 0.3) is 10.2 Å². The first-order valence-corrected chi connectivity index (χ1v) is 7.03. The van der Waals surface area contributed by atoms with Gasteiger partial charge in [0.2, 0.25) is 5.60 Å². The molecule has 0 amide bonds. The van der Waals surface area contributed by atoms with Gasteiger partial charge in [-0.2, -0.15) is 5.26 Å². The fourth-order valence-electron chi connectivity index (χ4n) is 2.47. The summed E-state index contributed by atoms with van der Waals surface area (Å²) in [5, 5.41) is 30.4. The number of aliphatic hydroxyl groups is 2. The SMILES string of the molecule is N#C[C@]1(CO)O[C@@H](c2csc3c(N)ncnc23)[C@H](N)[C@@H]1O. The minimum absolute atomic E-state index is 0.345. The minimum atomic E-state index is -1.73. The molecule has 4 atom stereocenters. The molecular weight excluding hydrogens is 294 g/mol. The predicted octanol–water partition coefficient (Wildman–Crippen LogP) is -0.712. The van der Waals surface area contributed by atoms with Crippen molar-refractivity contribution in [1.29, 1.82) is 5.26 Å². The molecule has 2 aromatic rings. The molecule has 1 aliphatic rings. The van der Waals surface area contributed by atoms with Crippen LogP contribution >= 0.6 is 11.3 Å². The monoisotopic (exact) mass is 307 g/mol. The number of rotatable bonds is 2. The zero-order valence-electron chi connectivity index (χ0n) is 10.8. The van der Waals surface area contributed by atoms with Crippen LogP contribution in [0.3, 0.4) is 0 Å². The zero-order valence-corrected chi connectivity index (χ0v) is 11.6. The number of fused-ring (bicyclic) bond motifs is 1. The predicted molar refractivity (Wildman–Crippen MR) is 75.1 cm³/mol. The van der Waals surface area contributed by atoms with Gasteiger partial charge in [0.05, 0.1) is 22.9 Å². The molecule has 0 radical (unpaired) electrons. The highest BCUT2D eigenvalue weighted by Crippen LogP contribution is 2.42. The molecule has 1 fully saturated rings. The lowest BCUT2D eigenvalue weighted by Gasteiger charge is -2.21. The number of ether oxygens (including phenoxy) is 1. The van der Waals surface area contributed by atoms with Crippen molar-refractivity contribution in [2.75, 3.05) is 12.3 Å². The fourth-order valence-corrected chi connectivity index (χ4v) is 3.42. The summed E-state index contributed by atoms with van der Waals surface area (Å²) in [5.74, 6) is 0.345. The Hall–Kier alpha value is -1.83. The van der Waals surface area contributed by atoms with E-state index < -0.39 is 30.5 Å². The molecule has 1 aliphatic heterocycles. The van der Waals surface area contributed by atoms with Crippen LogP contribution in [-0.2, 0) is 4.74 Å². The highest BCUT2D eigenvalue weighted by atomic mass is 32.1. The van der Waals surface area contributed by atoms with Crippen LogP contribution < -0.4 is 11.5 Å². The van der Waals surface area contributed by atoms with Crippen LogP contribution in [-0.4, -0.2) is 44.5 Å². The van der Waals surface area contributed by atoms with Crippen molar-refractivity contribution in [3.05, 3.63) is 17.3 Å². The highest BCUT2D eigenvalue weighted by molar-refractivity contribution is 7.17. The van der Waals surface area contributed by atoms with Gasteiger partial charge >= 0.3 is 0 Å². The fraction of sp³-hybridized carbons (Fsp3) is 0.417.